The SMILES string of the molecule is CC(=O)NC1=CC(=O)c2ccc(C(=O)O)nc2C1=O. The number of nitrogens with one attached hydrogen (secondary N) is 1. The maximum atomic E-state index is 12.0. The lowest BCUT2D eigenvalue weighted by molar-refractivity contribution is -0.118. The van der Waals surface area contributed by atoms with Gasteiger partial charge in [-0.15, -0.1) is 0 Å². The van der Waals surface area contributed by atoms with Gasteiger partial charge in [-0.1, -0.05) is 0 Å². The van der Waals surface area contributed by atoms with E-state index in [0.717, 1.165) is 12.1 Å². The Balaban J connectivity index is 2.52. The van der Waals surface area contributed by atoms with Crippen molar-refractivity contribution in [3.8, 4) is 0 Å². The number of allylic oxidation sites excluding steroid dienone is 2. The van der Waals surface area contributed by atoms with Crippen LogP contribution in [0.1, 0.15) is 38.3 Å². The molecule has 1 heterocycles. The van der Waals surface area contributed by atoms with Crippen LogP contribution >= 0.6 is 0 Å². The van der Waals surface area contributed by atoms with Crippen molar-refractivity contribution >= 4 is 23.4 Å². The number of aromatic carboxylic acids is 1. The van der Waals surface area contributed by atoms with Gasteiger partial charge in [0.25, 0.3) is 0 Å². The minimum atomic E-state index is -1.31. The van der Waals surface area contributed by atoms with Crippen LogP contribution in [0.25, 0.3) is 0 Å². The van der Waals surface area contributed by atoms with Crippen LogP contribution in [0.2, 0.25) is 0 Å². The van der Waals surface area contributed by atoms with Crippen molar-refractivity contribution in [2.75, 3.05) is 0 Å². The molecule has 7 heteroatoms. The molecule has 0 aromatic carbocycles. The van der Waals surface area contributed by atoms with Crippen molar-refractivity contribution in [3.63, 3.8) is 0 Å². The van der Waals surface area contributed by atoms with Crippen molar-refractivity contribution in [2.24, 2.45) is 0 Å². The highest BCUT2D eigenvalue weighted by molar-refractivity contribution is 6.24. The maximum absolute atomic E-state index is 12.0. The average Bonchev–Trinajstić information content (AvgIpc) is 2.34. The summed E-state index contributed by atoms with van der Waals surface area (Å²) >= 11 is 0. The lowest BCUT2D eigenvalue weighted by Gasteiger charge is -2.14. The van der Waals surface area contributed by atoms with Crippen LogP contribution < -0.4 is 5.32 Å². The Kier molecular flexibility index (Phi) is 2.95. The summed E-state index contributed by atoms with van der Waals surface area (Å²) in [5.41, 5.74) is -0.802. The summed E-state index contributed by atoms with van der Waals surface area (Å²) < 4.78 is 0. The Hall–Kier alpha value is -2.83. The third-order valence-electron chi connectivity index (χ3n) is 2.43. The molecule has 2 rings (SSSR count). The fourth-order valence-electron chi connectivity index (χ4n) is 1.63. The predicted octanol–water partition coefficient (Wildman–Crippen LogP) is 0.179. The molecule has 0 saturated carbocycles. The van der Waals surface area contributed by atoms with E-state index in [0.29, 0.717) is 0 Å². The molecule has 19 heavy (non-hydrogen) atoms. The number of carbonyl (C=O) groups is 4. The third-order valence-corrected chi connectivity index (χ3v) is 2.43. The largest absolute Gasteiger partial charge is 0.477 e. The summed E-state index contributed by atoms with van der Waals surface area (Å²) in [5.74, 6) is -3.01. The number of fused-ring (bicyclic) bond motifs is 1. The van der Waals surface area contributed by atoms with Gasteiger partial charge < -0.3 is 10.4 Å². The molecular weight excluding hydrogens is 252 g/mol. The second-order valence-corrected chi connectivity index (χ2v) is 3.83. The van der Waals surface area contributed by atoms with Gasteiger partial charge >= 0.3 is 5.97 Å². The van der Waals surface area contributed by atoms with E-state index in [1.54, 1.807) is 0 Å². The number of nitrogens with zero attached hydrogens (tertiary/aromatic N) is 1. The fraction of sp³-hybridized carbons (Fsp3) is 0.0833. The van der Waals surface area contributed by atoms with Crippen LogP contribution in [0, 0.1) is 0 Å². The molecule has 7 nitrogen and oxygen atoms in total. The molecule has 1 aliphatic carbocycles. The first-order valence-electron chi connectivity index (χ1n) is 5.23. The van der Waals surface area contributed by atoms with E-state index < -0.39 is 23.4 Å². The van der Waals surface area contributed by atoms with Gasteiger partial charge in [0, 0.05) is 13.0 Å². The molecule has 0 atom stereocenters. The summed E-state index contributed by atoms with van der Waals surface area (Å²) in [6.45, 7) is 1.19. The minimum Gasteiger partial charge on any atom is -0.477 e. The molecule has 0 aliphatic heterocycles. The van der Waals surface area contributed by atoms with E-state index in [-0.39, 0.29) is 22.6 Å². The van der Waals surface area contributed by atoms with Gasteiger partial charge in [-0.3, -0.25) is 14.4 Å². The summed E-state index contributed by atoms with van der Waals surface area (Å²) in [6.07, 6.45) is 0.994. The van der Waals surface area contributed by atoms with E-state index in [9.17, 15) is 19.2 Å². The Morgan fingerprint density at radius 3 is 2.53 bits per heavy atom. The quantitative estimate of drug-likeness (QED) is 0.784. The first-order chi connectivity index (χ1) is 8.90. The van der Waals surface area contributed by atoms with Crippen molar-refractivity contribution in [1.82, 2.24) is 10.3 Å². The number of hydrogen-bond acceptors (Lipinski definition) is 5. The number of pyridine rings is 1. The van der Waals surface area contributed by atoms with Gasteiger partial charge in [0.05, 0.1) is 11.3 Å². The van der Waals surface area contributed by atoms with Gasteiger partial charge in [0.2, 0.25) is 11.7 Å². The zero-order valence-corrected chi connectivity index (χ0v) is 9.76. The maximum Gasteiger partial charge on any atom is 0.354 e. The second kappa shape index (κ2) is 4.45. The molecule has 0 saturated heterocycles. The molecule has 2 N–H and O–H groups in total. The Labute approximate surface area is 107 Å². The lowest BCUT2D eigenvalue weighted by Crippen LogP contribution is -2.30. The minimum absolute atomic E-state index is 0.0177. The van der Waals surface area contributed by atoms with E-state index in [2.05, 4.69) is 10.3 Å². The molecule has 0 fully saturated rings. The number of rotatable bonds is 2. The summed E-state index contributed by atoms with van der Waals surface area (Å²) in [5, 5.41) is 11.0. The van der Waals surface area contributed by atoms with Crippen LogP contribution in [0.15, 0.2) is 23.9 Å². The van der Waals surface area contributed by atoms with E-state index in [1.807, 2.05) is 0 Å². The number of carbonyl (C=O) groups excluding carboxylic acids is 3. The van der Waals surface area contributed by atoms with Crippen molar-refractivity contribution in [1.29, 1.82) is 0 Å². The topological polar surface area (TPSA) is 113 Å². The van der Waals surface area contributed by atoms with Gasteiger partial charge in [0.1, 0.15) is 11.4 Å². The van der Waals surface area contributed by atoms with Crippen LogP contribution in [-0.4, -0.2) is 33.5 Å². The molecule has 1 aliphatic rings. The van der Waals surface area contributed by atoms with Gasteiger partial charge in [-0.2, -0.15) is 0 Å². The molecule has 1 aromatic rings. The Bertz CT molecular complexity index is 660. The van der Waals surface area contributed by atoms with E-state index >= 15 is 0 Å². The molecule has 0 spiro atoms. The average molecular weight is 260 g/mol. The molecule has 1 amide bonds. The van der Waals surface area contributed by atoms with Crippen LogP contribution in [0.3, 0.4) is 0 Å². The number of Topliss-reactive ketones (excluding diaryl/α,β-unsaturated/α-hetero) is 1. The number of aromatic nitrogens is 1. The van der Waals surface area contributed by atoms with Crippen molar-refractivity contribution in [2.45, 2.75) is 6.92 Å². The lowest BCUT2D eigenvalue weighted by atomic mass is 9.97. The van der Waals surface area contributed by atoms with E-state index in [1.165, 1.54) is 13.0 Å². The molecule has 96 valence electrons. The zero-order valence-electron chi connectivity index (χ0n) is 9.76. The smallest absolute Gasteiger partial charge is 0.354 e. The first kappa shape index (κ1) is 12.6. The van der Waals surface area contributed by atoms with Crippen LogP contribution in [0.5, 0.6) is 0 Å². The van der Waals surface area contributed by atoms with E-state index in [4.69, 9.17) is 5.11 Å². The highest BCUT2D eigenvalue weighted by Crippen LogP contribution is 2.19. The first-order valence-corrected chi connectivity index (χ1v) is 5.23. The van der Waals surface area contributed by atoms with Crippen LogP contribution in [-0.2, 0) is 4.79 Å². The third kappa shape index (κ3) is 2.25. The standard InChI is InChI=1S/C12H8N2O5/c1-5(15)13-8-4-9(16)6-2-3-7(12(18)19)14-10(6)11(8)17/h2-4H,1H3,(H,13,15)(H,18,19). The number of amides is 1. The van der Waals surface area contributed by atoms with Gasteiger partial charge in [-0.05, 0) is 12.1 Å². The molecular formula is C12H8N2O5. The molecule has 0 bridgehead atoms. The Morgan fingerprint density at radius 2 is 1.95 bits per heavy atom. The zero-order chi connectivity index (χ0) is 14.2. The molecule has 1 aromatic heterocycles. The number of ketones is 2. The number of carboxylic acid groups (broad SMARTS) is 1. The monoisotopic (exact) mass is 260 g/mol. The fourth-order valence-corrected chi connectivity index (χ4v) is 1.63. The van der Waals surface area contributed by atoms with Crippen LogP contribution in [0.4, 0.5) is 0 Å². The number of carboxylic acids is 1. The summed E-state index contributed by atoms with van der Waals surface area (Å²) in [4.78, 5) is 49.1. The normalized spacial score (nSPS) is 13.6. The van der Waals surface area contributed by atoms with Gasteiger partial charge in [0.15, 0.2) is 5.78 Å². The molecule has 0 unspecified atom stereocenters. The second-order valence-electron chi connectivity index (χ2n) is 3.83. The summed E-state index contributed by atoms with van der Waals surface area (Å²) in [7, 11) is 0. The number of hydrogen-bond donors (Lipinski definition) is 2. The van der Waals surface area contributed by atoms with Gasteiger partial charge in [-0.25, -0.2) is 9.78 Å². The summed E-state index contributed by atoms with van der Waals surface area (Å²) in [6, 6.07) is 2.37. The van der Waals surface area contributed by atoms with Crippen molar-refractivity contribution < 1.29 is 24.3 Å². The highest BCUT2D eigenvalue weighted by atomic mass is 16.4. The highest BCUT2D eigenvalue weighted by Gasteiger charge is 2.28. The van der Waals surface area contributed by atoms with Crippen molar-refractivity contribution in [3.05, 3.63) is 40.9 Å². The Morgan fingerprint density at radius 1 is 1.26 bits per heavy atom. The molecule has 0 radical (unpaired) electrons. The predicted molar refractivity (Wildman–Crippen MR) is 61.8 cm³/mol.